The van der Waals surface area contributed by atoms with E-state index in [1.807, 2.05) is 20.8 Å². The van der Waals surface area contributed by atoms with Crippen molar-refractivity contribution in [1.82, 2.24) is 20.6 Å². The first kappa shape index (κ1) is 16.9. The zero-order chi connectivity index (χ0) is 16.0. The van der Waals surface area contributed by atoms with Crippen molar-refractivity contribution in [1.29, 1.82) is 0 Å². The third kappa shape index (κ3) is 4.70. The molecule has 0 aliphatic carbocycles. The van der Waals surface area contributed by atoms with E-state index in [-0.39, 0.29) is 23.2 Å². The van der Waals surface area contributed by atoms with Crippen molar-refractivity contribution in [3.8, 4) is 0 Å². The fourth-order valence-corrected chi connectivity index (χ4v) is 1.60. The number of rotatable bonds is 6. The number of nitrogens with one attached hydrogen (secondary N) is 2. The van der Waals surface area contributed by atoms with E-state index in [9.17, 15) is 9.59 Å². The van der Waals surface area contributed by atoms with Gasteiger partial charge in [-0.1, -0.05) is 20.8 Å². The molecule has 0 radical (unpaired) electrons. The molecule has 1 aromatic rings. The largest absolute Gasteiger partial charge is 0.396 e. The van der Waals surface area contributed by atoms with Crippen LogP contribution >= 0.6 is 0 Å². The molecule has 1 unspecified atom stereocenters. The molecular weight excluding hydrogens is 270 g/mol. The Hall–Kier alpha value is -2.18. The first-order chi connectivity index (χ1) is 9.86. The molecular formula is C14H23N5O2. The Morgan fingerprint density at radius 1 is 1.33 bits per heavy atom. The molecule has 2 amide bonds. The third-order valence-electron chi connectivity index (χ3n) is 2.86. The second kappa shape index (κ2) is 7.56. The normalized spacial score (nSPS) is 12.0. The zero-order valence-corrected chi connectivity index (χ0v) is 12.9. The summed E-state index contributed by atoms with van der Waals surface area (Å²) in [5, 5.41) is 5.31. The lowest BCUT2D eigenvalue weighted by Gasteiger charge is -2.14. The highest BCUT2D eigenvalue weighted by Crippen LogP contribution is 2.13. The Labute approximate surface area is 124 Å². The van der Waals surface area contributed by atoms with Crippen molar-refractivity contribution in [2.45, 2.75) is 46.1 Å². The lowest BCUT2D eigenvalue weighted by molar-refractivity contribution is -0.122. The van der Waals surface area contributed by atoms with Gasteiger partial charge in [0.05, 0.1) is 11.9 Å². The molecule has 0 bridgehead atoms. The molecule has 116 valence electrons. The average molecular weight is 293 g/mol. The van der Waals surface area contributed by atoms with Crippen LogP contribution in [0.3, 0.4) is 0 Å². The van der Waals surface area contributed by atoms with E-state index in [2.05, 4.69) is 20.6 Å². The maximum Gasteiger partial charge on any atom is 0.272 e. The lowest BCUT2D eigenvalue weighted by Crippen LogP contribution is -2.45. The van der Waals surface area contributed by atoms with Crippen LogP contribution < -0.4 is 16.4 Å². The summed E-state index contributed by atoms with van der Waals surface area (Å²) < 4.78 is 0. The highest BCUT2D eigenvalue weighted by Gasteiger charge is 2.20. The smallest absolute Gasteiger partial charge is 0.272 e. The summed E-state index contributed by atoms with van der Waals surface area (Å²) in [6.07, 6.45) is 2.25. The molecule has 0 aliphatic heterocycles. The minimum Gasteiger partial charge on any atom is -0.396 e. The molecule has 1 atom stereocenters. The summed E-state index contributed by atoms with van der Waals surface area (Å²) in [6.45, 7) is 8.00. The summed E-state index contributed by atoms with van der Waals surface area (Å²) in [5.41, 5.74) is 6.03. The molecule has 0 saturated carbocycles. The van der Waals surface area contributed by atoms with E-state index in [0.717, 1.165) is 6.42 Å². The van der Waals surface area contributed by atoms with Crippen molar-refractivity contribution in [2.75, 3.05) is 12.3 Å². The fourth-order valence-electron chi connectivity index (χ4n) is 1.60. The van der Waals surface area contributed by atoms with Crippen molar-refractivity contribution in [3.63, 3.8) is 0 Å². The van der Waals surface area contributed by atoms with E-state index >= 15 is 0 Å². The van der Waals surface area contributed by atoms with Crippen LogP contribution in [0.1, 0.15) is 56.3 Å². The summed E-state index contributed by atoms with van der Waals surface area (Å²) in [5.74, 6) is -0.0854. The number of amides is 2. The Morgan fingerprint density at radius 3 is 2.57 bits per heavy atom. The van der Waals surface area contributed by atoms with Gasteiger partial charge in [0.25, 0.3) is 5.91 Å². The SMILES string of the molecule is CCCNC(=O)C(C)NC(=O)c1nc(C(C)C)ncc1N. The van der Waals surface area contributed by atoms with Crippen molar-refractivity contribution >= 4 is 17.5 Å². The highest BCUT2D eigenvalue weighted by molar-refractivity contribution is 5.99. The number of carbonyl (C=O) groups excluding carboxylic acids is 2. The lowest BCUT2D eigenvalue weighted by atomic mass is 10.2. The minimum atomic E-state index is -0.652. The molecule has 0 aliphatic rings. The Balaban J connectivity index is 2.79. The van der Waals surface area contributed by atoms with Crippen LogP contribution in [0.4, 0.5) is 5.69 Å². The van der Waals surface area contributed by atoms with Crippen LogP contribution in [0.15, 0.2) is 6.20 Å². The van der Waals surface area contributed by atoms with Gasteiger partial charge < -0.3 is 16.4 Å². The second-order valence-corrected chi connectivity index (χ2v) is 5.17. The number of carbonyl (C=O) groups is 2. The number of aromatic nitrogens is 2. The topological polar surface area (TPSA) is 110 Å². The van der Waals surface area contributed by atoms with Crippen LogP contribution in [0.5, 0.6) is 0 Å². The van der Waals surface area contributed by atoms with Gasteiger partial charge in [-0.05, 0) is 13.3 Å². The van der Waals surface area contributed by atoms with E-state index in [1.54, 1.807) is 6.92 Å². The Morgan fingerprint density at radius 2 is 2.00 bits per heavy atom. The van der Waals surface area contributed by atoms with Crippen LogP contribution in [0.2, 0.25) is 0 Å². The number of nitrogens with zero attached hydrogens (tertiary/aromatic N) is 2. The molecule has 7 heteroatoms. The number of hydrogen-bond donors (Lipinski definition) is 3. The van der Waals surface area contributed by atoms with Gasteiger partial charge in [0.1, 0.15) is 11.9 Å². The zero-order valence-electron chi connectivity index (χ0n) is 12.9. The van der Waals surface area contributed by atoms with Crippen LogP contribution in [0, 0.1) is 0 Å². The monoisotopic (exact) mass is 293 g/mol. The van der Waals surface area contributed by atoms with Gasteiger partial charge in [-0.25, -0.2) is 9.97 Å². The van der Waals surface area contributed by atoms with E-state index in [1.165, 1.54) is 6.20 Å². The van der Waals surface area contributed by atoms with Crippen LogP contribution in [-0.4, -0.2) is 34.4 Å². The predicted molar refractivity (Wildman–Crippen MR) is 80.8 cm³/mol. The van der Waals surface area contributed by atoms with Crippen molar-refractivity contribution in [2.24, 2.45) is 0 Å². The van der Waals surface area contributed by atoms with E-state index in [0.29, 0.717) is 12.4 Å². The second-order valence-electron chi connectivity index (χ2n) is 5.17. The molecule has 1 heterocycles. The molecule has 7 nitrogen and oxygen atoms in total. The predicted octanol–water partition coefficient (Wildman–Crippen LogP) is 0.827. The van der Waals surface area contributed by atoms with Gasteiger partial charge in [0.15, 0.2) is 5.69 Å². The van der Waals surface area contributed by atoms with Gasteiger partial charge in [-0.3, -0.25) is 9.59 Å². The quantitative estimate of drug-likeness (QED) is 0.719. The average Bonchev–Trinajstić information content (AvgIpc) is 2.44. The number of anilines is 1. The fraction of sp³-hybridized carbons (Fsp3) is 0.571. The molecule has 1 aromatic heterocycles. The first-order valence-corrected chi connectivity index (χ1v) is 7.07. The van der Waals surface area contributed by atoms with Gasteiger partial charge in [0.2, 0.25) is 5.91 Å². The highest BCUT2D eigenvalue weighted by atomic mass is 16.2. The Kier molecular flexibility index (Phi) is 6.08. The van der Waals surface area contributed by atoms with Gasteiger partial charge in [0, 0.05) is 12.5 Å². The number of hydrogen-bond acceptors (Lipinski definition) is 5. The number of nitrogens with two attached hydrogens (primary N) is 1. The van der Waals surface area contributed by atoms with E-state index < -0.39 is 11.9 Å². The molecule has 0 spiro atoms. The summed E-state index contributed by atoms with van der Waals surface area (Å²) in [6, 6.07) is -0.652. The summed E-state index contributed by atoms with van der Waals surface area (Å²) in [4.78, 5) is 32.2. The van der Waals surface area contributed by atoms with Gasteiger partial charge in [-0.15, -0.1) is 0 Å². The molecule has 0 aromatic carbocycles. The molecule has 4 N–H and O–H groups in total. The maximum atomic E-state index is 12.2. The van der Waals surface area contributed by atoms with Crippen LogP contribution in [0.25, 0.3) is 0 Å². The van der Waals surface area contributed by atoms with E-state index in [4.69, 9.17) is 5.73 Å². The maximum absolute atomic E-state index is 12.2. The minimum absolute atomic E-state index is 0.0856. The third-order valence-corrected chi connectivity index (χ3v) is 2.86. The van der Waals surface area contributed by atoms with Crippen molar-refractivity contribution in [3.05, 3.63) is 17.7 Å². The summed E-state index contributed by atoms with van der Waals surface area (Å²) in [7, 11) is 0. The molecule has 0 fully saturated rings. The van der Waals surface area contributed by atoms with Crippen LogP contribution in [-0.2, 0) is 4.79 Å². The van der Waals surface area contributed by atoms with Crippen molar-refractivity contribution < 1.29 is 9.59 Å². The van der Waals surface area contributed by atoms with Gasteiger partial charge >= 0.3 is 0 Å². The Bertz CT molecular complexity index is 516. The van der Waals surface area contributed by atoms with Gasteiger partial charge in [-0.2, -0.15) is 0 Å². The first-order valence-electron chi connectivity index (χ1n) is 7.07. The molecule has 21 heavy (non-hydrogen) atoms. The summed E-state index contributed by atoms with van der Waals surface area (Å²) >= 11 is 0. The molecule has 0 saturated heterocycles. The molecule has 1 rings (SSSR count). The number of nitrogen functional groups attached to an aromatic ring is 1. The standard InChI is InChI=1S/C14H23N5O2/c1-5-6-16-13(20)9(4)18-14(21)11-10(15)7-17-12(19-11)8(2)3/h7-9H,5-6,15H2,1-4H3,(H,16,20)(H,18,21).